The van der Waals surface area contributed by atoms with Gasteiger partial charge in [0, 0.05) is 5.92 Å². The second-order valence-corrected chi connectivity index (χ2v) is 16.5. The molecule has 3 aromatic carbocycles. The van der Waals surface area contributed by atoms with Crippen molar-refractivity contribution in [1.29, 1.82) is 0 Å². The molecule has 0 amide bonds. The van der Waals surface area contributed by atoms with Crippen LogP contribution in [0.2, 0.25) is 0 Å². The first kappa shape index (κ1) is 40.5. The van der Waals surface area contributed by atoms with Crippen LogP contribution in [0.25, 0.3) is 0 Å². The summed E-state index contributed by atoms with van der Waals surface area (Å²) in [6.45, 7) is 14.2. The van der Waals surface area contributed by atoms with Crippen LogP contribution in [0, 0.1) is 12.8 Å². The fourth-order valence-electron chi connectivity index (χ4n) is 7.85. The van der Waals surface area contributed by atoms with E-state index in [9.17, 15) is 9.59 Å². The Hall–Kier alpha value is -3.64. The predicted molar refractivity (Wildman–Crippen MR) is 205 cm³/mol. The third kappa shape index (κ3) is 10.1. The second kappa shape index (κ2) is 17.2. The zero-order valence-corrected chi connectivity index (χ0v) is 32.9. The van der Waals surface area contributed by atoms with Crippen LogP contribution < -0.4 is 10.6 Å². The summed E-state index contributed by atoms with van der Waals surface area (Å²) in [4.78, 5) is 28.6. The van der Waals surface area contributed by atoms with E-state index < -0.39 is 35.0 Å². The summed E-state index contributed by atoms with van der Waals surface area (Å²) in [5.74, 6) is -0.964. The first-order chi connectivity index (χ1) is 25.1. The van der Waals surface area contributed by atoms with Gasteiger partial charge in [0.2, 0.25) is 0 Å². The Morgan fingerprint density at radius 3 is 1.58 bits per heavy atom. The maximum atomic E-state index is 13.2. The largest absolute Gasteiger partial charge is 0.459 e. The van der Waals surface area contributed by atoms with Crippen molar-refractivity contribution in [2.45, 2.75) is 115 Å². The molecular formula is C43H59N3O7. The summed E-state index contributed by atoms with van der Waals surface area (Å²) >= 11 is 0. The average Bonchev–Trinajstić information content (AvgIpc) is 3.31. The van der Waals surface area contributed by atoms with Crippen molar-refractivity contribution in [3.63, 3.8) is 0 Å². The van der Waals surface area contributed by atoms with Gasteiger partial charge in [0.25, 0.3) is 0 Å². The topological polar surface area (TPSA) is 108 Å². The fraction of sp³-hybridized carbons (Fsp3) is 0.535. The molecule has 2 aliphatic carbocycles. The second-order valence-electron chi connectivity index (χ2n) is 16.5. The van der Waals surface area contributed by atoms with Crippen LogP contribution in [-0.4, -0.2) is 91.2 Å². The van der Waals surface area contributed by atoms with E-state index in [1.807, 2.05) is 116 Å². The van der Waals surface area contributed by atoms with Crippen LogP contribution in [0.5, 0.6) is 0 Å². The number of ether oxygens (including phenoxy) is 5. The fourth-order valence-corrected chi connectivity index (χ4v) is 7.85. The number of hydrogen-bond acceptors (Lipinski definition) is 10. The smallest absolute Gasteiger partial charge is 0.320 e. The molecule has 53 heavy (non-hydrogen) atoms. The Morgan fingerprint density at radius 1 is 0.642 bits per heavy atom. The van der Waals surface area contributed by atoms with Gasteiger partial charge in [-0.2, -0.15) is 0 Å². The van der Waals surface area contributed by atoms with E-state index >= 15 is 0 Å². The average molecular weight is 730 g/mol. The van der Waals surface area contributed by atoms with Gasteiger partial charge in [-0.1, -0.05) is 90.5 Å². The van der Waals surface area contributed by atoms with Gasteiger partial charge in [-0.15, -0.1) is 0 Å². The van der Waals surface area contributed by atoms with Gasteiger partial charge in [-0.25, -0.2) is 0 Å². The number of benzene rings is 3. The van der Waals surface area contributed by atoms with Crippen LogP contribution in [0.3, 0.4) is 0 Å². The molecule has 0 bridgehead atoms. The molecular weight excluding hydrogens is 670 g/mol. The lowest BCUT2D eigenvalue weighted by Crippen LogP contribution is -2.83. The maximum Gasteiger partial charge on any atom is 0.320 e. The van der Waals surface area contributed by atoms with Crippen LogP contribution in [-0.2, 0) is 53.1 Å². The van der Waals surface area contributed by atoms with Crippen molar-refractivity contribution < 1.29 is 33.3 Å². The van der Waals surface area contributed by atoms with E-state index in [1.165, 1.54) is 5.56 Å². The van der Waals surface area contributed by atoms with Crippen molar-refractivity contribution in [3.05, 3.63) is 107 Å². The molecule has 0 heterocycles. The van der Waals surface area contributed by atoms with E-state index in [-0.39, 0.29) is 43.1 Å². The number of nitrogens with zero attached hydrogens (tertiary/aromatic N) is 1. The zero-order chi connectivity index (χ0) is 38.4. The van der Waals surface area contributed by atoms with Crippen molar-refractivity contribution in [2.75, 3.05) is 27.2 Å². The number of carbonyl (C=O) groups is 2. The lowest BCUT2D eigenvalue weighted by molar-refractivity contribution is -0.223. The summed E-state index contributed by atoms with van der Waals surface area (Å²) in [6, 6.07) is 27.6. The molecule has 7 unspecified atom stereocenters. The minimum atomic E-state index is -0.734. The van der Waals surface area contributed by atoms with E-state index in [0.717, 1.165) is 16.7 Å². The lowest BCUT2D eigenvalue weighted by Gasteiger charge is -2.63. The Kier molecular flexibility index (Phi) is 13.2. The Labute approximate surface area is 315 Å². The van der Waals surface area contributed by atoms with Gasteiger partial charge in [0.15, 0.2) is 0 Å². The first-order valence-corrected chi connectivity index (χ1v) is 18.6. The molecule has 0 aliphatic heterocycles. The van der Waals surface area contributed by atoms with Gasteiger partial charge >= 0.3 is 11.9 Å². The summed E-state index contributed by atoms with van der Waals surface area (Å²) in [5.41, 5.74) is 2.24. The summed E-state index contributed by atoms with van der Waals surface area (Å²) in [5, 5.41) is 7.12. The molecule has 5 rings (SSSR count). The molecule has 10 nitrogen and oxygen atoms in total. The normalized spacial score (nSPS) is 25.5. The highest BCUT2D eigenvalue weighted by Crippen LogP contribution is 2.57. The minimum absolute atomic E-state index is 0.0221. The van der Waals surface area contributed by atoms with E-state index in [2.05, 4.69) is 46.7 Å². The van der Waals surface area contributed by atoms with E-state index in [4.69, 9.17) is 23.7 Å². The van der Waals surface area contributed by atoms with Gasteiger partial charge in [-0.05, 0) is 79.3 Å². The number of aryl methyl sites for hydroxylation is 1. The van der Waals surface area contributed by atoms with E-state index in [0.29, 0.717) is 19.8 Å². The third-order valence-electron chi connectivity index (χ3n) is 9.89. The van der Waals surface area contributed by atoms with Crippen molar-refractivity contribution in [2.24, 2.45) is 5.92 Å². The summed E-state index contributed by atoms with van der Waals surface area (Å²) in [6.07, 6.45) is -1.36. The highest BCUT2D eigenvalue weighted by atomic mass is 16.6. The monoisotopic (exact) mass is 729 g/mol. The quantitative estimate of drug-likeness (QED) is 0.181. The van der Waals surface area contributed by atoms with Crippen LogP contribution >= 0.6 is 0 Å². The Morgan fingerprint density at radius 2 is 1.09 bits per heavy atom. The molecule has 10 heteroatoms. The molecule has 0 saturated heterocycles. The SMILES string of the molecule is Cc1ccc(COC2C(NCC(=O)OC(C)(C)C)C(OCc3ccccc3)C3(N(C)C)C(NCC(=O)OC(C)(C)C)C(OCc4ccccc4)C23)cc1. The highest BCUT2D eigenvalue weighted by Gasteiger charge is 2.77. The molecule has 2 aliphatic rings. The number of rotatable bonds is 16. The number of nitrogens with one attached hydrogen (secondary N) is 2. The van der Waals surface area contributed by atoms with E-state index in [1.54, 1.807) is 0 Å². The predicted octanol–water partition coefficient (Wildman–Crippen LogP) is 5.59. The summed E-state index contributed by atoms with van der Waals surface area (Å²) < 4.78 is 32.3. The van der Waals surface area contributed by atoms with Crippen LogP contribution in [0.1, 0.15) is 63.8 Å². The molecule has 0 spiro atoms. The Bertz CT molecular complexity index is 1620. The Balaban J connectivity index is 1.56. The van der Waals surface area contributed by atoms with Gasteiger partial charge in [0.1, 0.15) is 11.2 Å². The number of hydrogen-bond donors (Lipinski definition) is 2. The molecule has 0 radical (unpaired) electrons. The van der Waals surface area contributed by atoms with Crippen molar-refractivity contribution in [1.82, 2.24) is 15.5 Å². The molecule has 288 valence electrons. The van der Waals surface area contributed by atoms with Gasteiger partial charge < -0.3 is 23.7 Å². The molecule has 2 saturated carbocycles. The summed E-state index contributed by atoms with van der Waals surface area (Å²) in [7, 11) is 4.07. The number of likely N-dealkylation sites (N-methyl/N-ethyl adjacent to an activating group) is 1. The van der Waals surface area contributed by atoms with Crippen LogP contribution in [0.15, 0.2) is 84.9 Å². The van der Waals surface area contributed by atoms with Gasteiger partial charge in [-0.3, -0.25) is 25.1 Å². The molecule has 2 N–H and O–H groups in total. The van der Waals surface area contributed by atoms with Crippen molar-refractivity contribution >= 4 is 11.9 Å². The number of carbonyl (C=O) groups excluding carboxylic acids is 2. The first-order valence-electron chi connectivity index (χ1n) is 18.6. The molecule has 7 atom stereocenters. The third-order valence-corrected chi connectivity index (χ3v) is 9.89. The maximum absolute atomic E-state index is 13.2. The minimum Gasteiger partial charge on any atom is -0.459 e. The molecule has 3 aromatic rings. The van der Waals surface area contributed by atoms with Gasteiger partial charge in [0.05, 0.1) is 68.8 Å². The number of esters is 2. The van der Waals surface area contributed by atoms with Crippen LogP contribution in [0.4, 0.5) is 0 Å². The zero-order valence-electron chi connectivity index (χ0n) is 32.9. The molecule has 2 fully saturated rings. The number of fused-ring (bicyclic) bond motifs is 1. The standard InChI is InChI=1S/C43H59N3O7/c1-29-20-22-32(23-21-29)27-49-37-35-38(50-26-30-16-12-10-13-17-30)39(45-25-34(48)53-42(5,6)7)43(35,46(8)9)40(51-28-31-18-14-11-15-19-31)36(37)44-24-33(47)52-41(2,3)4/h10-23,35-40,44-45H,24-28H2,1-9H3. The highest BCUT2D eigenvalue weighted by molar-refractivity contribution is 5.72. The van der Waals surface area contributed by atoms with Crippen molar-refractivity contribution in [3.8, 4) is 0 Å². The lowest BCUT2D eigenvalue weighted by atomic mass is 9.59. The molecule has 0 aromatic heterocycles.